The molecule has 0 aliphatic heterocycles. The molecule has 0 bridgehead atoms. The van der Waals surface area contributed by atoms with Crippen molar-refractivity contribution in [2.75, 3.05) is 6.54 Å². The molecule has 5 nitrogen and oxygen atoms in total. The van der Waals surface area contributed by atoms with Gasteiger partial charge in [0.1, 0.15) is 5.03 Å². The highest BCUT2D eigenvalue weighted by atomic mass is 32.2. The Kier molecular flexibility index (Phi) is 3.43. The molecule has 0 spiro atoms. The zero-order valence-electron chi connectivity index (χ0n) is 10.2. The number of hydrogen-bond acceptors (Lipinski definition) is 5. The van der Waals surface area contributed by atoms with Gasteiger partial charge in [-0.1, -0.05) is 12.1 Å². The molecule has 0 unspecified atom stereocenters. The standard InChI is InChI=1S/C13H13N5S/c14-7-6-10-4-3-8-15-12(10)19-13-17-16-11-5-1-2-9-18(11)13/h1-5,8-9H,6-7,14H2. The number of rotatable bonds is 4. The summed E-state index contributed by atoms with van der Waals surface area (Å²) in [6, 6.07) is 9.80. The molecular formula is C13H13N5S. The number of fused-ring (bicyclic) bond motifs is 1. The van der Waals surface area contributed by atoms with Crippen LogP contribution in [0.3, 0.4) is 0 Å². The van der Waals surface area contributed by atoms with E-state index in [1.54, 1.807) is 6.20 Å². The first-order chi connectivity index (χ1) is 9.38. The number of pyridine rings is 2. The zero-order chi connectivity index (χ0) is 13.1. The van der Waals surface area contributed by atoms with Crippen LogP contribution in [0.2, 0.25) is 0 Å². The van der Waals surface area contributed by atoms with Crippen LogP contribution in [0.15, 0.2) is 52.9 Å². The van der Waals surface area contributed by atoms with Crippen LogP contribution in [-0.4, -0.2) is 26.1 Å². The normalized spacial score (nSPS) is 11.0. The van der Waals surface area contributed by atoms with Crippen molar-refractivity contribution in [1.29, 1.82) is 0 Å². The molecule has 0 aliphatic rings. The van der Waals surface area contributed by atoms with Crippen molar-refractivity contribution in [2.45, 2.75) is 16.6 Å². The van der Waals surface area contributed by atoms with E-state index in [0.717, 1.165) is 27.8 Å². The Hall–Kier alpha value is -1.92. The van der Waals surface area contributed by atoms with Crippen molar-refractivity contribution in [3.8, 4) is 0 Å². The van der Waals surface area contributed by atoms with E-state index in [2.05, 4.69) is 15.2 Å². The van der Waals surface area contributed by atoms with E-state index in [-0.39, 0.29) is 0 Å². The molecule has 2 N–H and O–H groups in total. The molecule has 0 aliphatic carbocycles. The van der Waals surface area contributed by atoms with E-state index in [1.165, 1.54) is 11.8 Å². The summed E-state index contributed by atoms with van der Waals surface area (Å²) in [5, 5.41) is 10.1. The Balaban J connectivity index is 1.97. The Morgan fingerprint density at radius 3 is 3.00 bits per heavy atom. The Labute approximate surface area is 114 Å². The largest absolute Gasteiger partial charge is 0.330 e. The van der Waals surface area contributed by atoms with Gasteiger partial charge in [0.25, 0.3) is 0 Å². The van der Waals surface area contributed by atoms with Crippen molar-refractivity contribution in [2.24, 2.45) is 5.73 Å². The number of aromatic nitrogens is 4. The van der Waals surface area contributed by atoms with Gasteiger partial charge in [0.15, 0.2) is 5.65 Å². The van der Waals surface area contributed by atoms with E-state index >= 15 is 0 Å². The summed E-state index contributed by atoms with van der Waals surface area (Å²) in [7, 11) is 0. The SMILES string of the molecule is NCCc1cccnc1Sc1nnc2ccccn12. The lowest BCUT2D eigenvalue weighted by molar-refractivity contribution is 0.891. The van der Waals surface area contributed by atoms with Crippen LogP contribution in [0.1, 0.15) is 5.56 Å². The molecule has 6 heteroatoms. The molecule has 0 radical (unpaired) electrons. The van der Waals surface area contributed by atoms with E-state index in [4.69, 9.17) is 5.73 Å². The maximum atomic E-state index is 5.62. The van der Waals surface area contributed by atoms with Crippen LogP contribution < -0.4 is 5.73 Å². The monoisotopic (exact) mass is 271 g/mol. The average molecular weight is 271 g/mol. The molecule has 0 atom stereocenters. The van der Waals surface area contributed by atoms with Gasteiger partial charge in [0, 0.05) is 12.4 Å². The lowest BCUT2D eigenvalue weighted by atomic mass is 10.2. The highest BCUT2D eigenvalue weighted by molar-refractivity contribution is 7.99. The lowest BCUT2D eigenvalue weighted by Gasteiger charge is -2.05. The average Bonchev–Trinajstić information content (AvgIpc) is 2.85. The van der Waals surface area contributed by atoms with E-state index in [1.807, 2.05) is 40.9 Å². The minimum atomic E-state index is 0.611. The Morgan fingerprint density at radius 2 is 2.11 bits per heavy atom. The predicted octanol–water partition coefficient (Wildman–Crippen LogP) is 1.78. The molecule has 96 valence electrons. The van der Waals surface area contributed by atoms with E-state index in [0.29, 0.717) is 6.54 Å². The number of nitrogens with zero attached hydrogens (tertiary/aromatic N) is 4. The Morgan fingerprint density at radius 1 is 1.16 bits per heavy atom. The molecule has 19 heavy (non-hydrogen) atoms. The van der Waals surface area contributed by atoms with Crippen molar-refractivity contribution in [3.05, 3.63) is 48.3 Å². The van der Waals surface area contributed by atoms with Gasteiger partial charge in [-0.25, -0.2) is 4.98 Å². The van der Waals surface area contributed by atoms with Gasteiger partial charge >= 0.3 is 0 Å². The molecule has 0 aromatic carbocycles. The van der Waals surface area contributed by atoms with Crippen molar-refractivity contribution in [3.63, 3.8) is 0 Å². The molecule has 3 rings (SSSR count). The summed E-state index contributed by atoms with van der Waals surface area (Å²) in [6.45, 7) is 0.611. The van der Waals surface area contributed by atoms with Gasteiger partial charge in [-0.2, -0.15) is 0 Å². The second-order valence-electron chi connectivity index (χ2n) is 4.02. The van der Waals surface area contributed by atoms with Crippen molar-refractivity contribution in [1.82, 2.24) is 19.6 Å². The summed E-state index contributed by atoms with van der Waals surface area (Å²) in [5.41, 5.74) is 7.60. The highest BCUT2D eigenvalue weighted by Gasteiger charge is 2.10. The topological polar surface area (TPSA) is 69.1 Å². The molecule has 0 saturated carbocycles. The zero-order valence-corrected chi connectivity index (χ0v) is 11.0. The second-order valence-corrected chi connectivity index (χ2v) is 4.98. The molecule has 3 heterocycles. The molecule has 0 amide bonds. The molecule has 3 aromatic rings. The summed E-state index contributed by atoms with van der Waals surface area (Å²) < 4.78 is 1.95. The van der Waals surface area contributed by atoms with E-state index in [9.17, 15) is 0 Å². The third-order valence-corrected chi connectivity index (χ3v) is 3.76. The minimum Gasteiger partial charge on any atom is -0.330 e. The number of hydrogen-bond donors (Lipinski definition) is 1. The molecular weight excluding hydrogens is 258 g/mol. The van der Waals surface area contributed by atoms with Crippen LogP contribution in [-0.2, 0) is 6.42 Å². The first-order valence-corrected chi connectivity index (χ1v) is 6.81. The first-order valence-electron chi connectivity index (χ1n) is 6.00. The maximum absolute atomic E-state index is 5.62. The fourth-order valence-electron chi connectivity index (χ4n) is 1.84. The predicted molar refractivity (Wildman–Crippen MR) is 74.1 cm³/mol. The van der Waals surface area contributed by atoms with Gasteiger partial charge in [-0.3, -0.25) is 4.40 Å². The van der Waals surface area contributed by atoms with Crippen molar-refractivity contribution < 1.29 is 0 Å². The molecule has 0 saturated heterocycles. The fourth-order valence-corrected chi connectivity index (χ4v) is 2.76. The highest BCUT2D eigenvalue weighted by Crippen LogP contribution is 2.27. The lowest BCUT2D eigenvalue weighted by Crippen LogP contribution is -2.04. The van der Waals surface area contributed by atoms with Gasteiger partial charge in [0.2, 0.25) is 5.16 Å². The second kappa shape index (κ2) is 5.38. The maximum Gasteiger partial charge on any atom is 0.201 e. The quantitative estimate of drug-likeness (QED) is 0.783. The summed E-state index contributed by atoms with van der Waals surface area (Å²) in [4.78, 5) is 4.41. The van der Waals surface area contributed by atoms with Crippen LogP contribution in [0.4, 0.5) is 0 Å². The van der Waals surface area contributed by atoms with Crippen LogP contribution >= 0.6 is 11.8 Å². The van der Waals surface area contributed by atoms with Gasteiger partial charge in [-0.05, 0) is 48.5 Å². The van der Waals surface area contributed by atoms with Crippen molar-refractivity contribution >= 4 is 17.4 Å². The Bertz CT molecular complexity index is 694. The number of nitrogens with two attached hydrogens (primary N) is 1. The summed E-state index contributed by atoms with van der Waals surface area (Å²) in [5.74, 6) is 0. The minimum absolute atomic E-state index is 0.611. The first kappa shape index (κ1) is 12.1. The smallest absolute Gasteiger partial charge is 0.201 e. The van der Waals surface area contributed by atoms with Gasteiger partial charge in [0.05, 0.1) is 0 Å². The fraction of sp³-hybridized carbons (Fsp3) is 0.154. The van der Waals surface area contributed by atoms with Gasteiger partial charge < -0.3 is 5.73 Å². The molecule has 0 fully saturated rings. The third-order valence-electron chi connectivity index (χ3n) is 2.73. The van der Waals surface area contributed by atoms with Gasteiger partial charge in [-0.15, -0.1) is 10.2 Å². The summed E-state index contributed by atoms with van der Waals surface area (Å²) in [6.07, 6.45) is 4.54. The van der Waals surface area contributed by atoms with Crippen LogP contribution in [0.5, 0.6) is 0 Å². The van der Waals surface area contributed by atoms with Crippen LogP contribution in [0.25, 0.3) is 5.65 Å². The molecule has 3 aromatic heterocycles. The van der Waals surface area contributed by atoms with Crippen LogP contribution in [0, 0.1) is 0 Å². The third kappa shape index (κ3) is 2.45. The van der Waals surface area contributed by atoms with E-state index < -0.39 is 0 Å². The summed E-state index contributed by atoms with van der Waals surface area (Å²) >= 11 is 1.51.